The molecule has 0 saturated carbocycles. The molecule has 0 aliphatic carbocycles. The van der Waals surface area contributed by atoms with E-state index in [2.05, 4.69) is 10.6 Å². The molecule has 1 aliphatic rings. The lowest BCUT2D eigenvalue weighted by molar-refractivity contribution is -0.119. The zero-order chi connectivity index (χ0) is 17.8. The van der Waals surface area contributed by atoms with E-state index in [0.29, 0.717) is 18.7 Å². The molecule has 2 aromatic carbocycles. The van der Waals surface area contributed by atoms with Crippen LogP contribution in [-0.2, 0) is 4.79 Å². The van der Waals surface area contributed by atoms with Gasteiger partial charge >= 0.3 is 6.03 Å². The number of urea groups is 1. The molecular formula is C19H20FN3O2. The van der Waals surface area contributed by atoms with Crippen LogP contribution in [0.1, 0.15) is 18.4 Å². The summed E-state index contributed by atoms with van der Waals surface area (Å²) in [6.45, 7) is 2.41. The van der Waals surface area contributed by atoms with Gasteiger partial charge in [-0.25, -0.2) is 9.18 Å². The summed E-state index contributed by atoms with van der Waals surface area (Å²) in [6.07, 6.45) is 1.36. The second kappa shape index (κ2) is 7.34. The molecule has 1 fully saturated rings. The molecule has 0 spiro atoms. The molecule has 0 unspecified atom stereocenters. The van der Waals surface area contributed by atoms with Crippen molar-refractivity contribution in [2.75, 3.05) is 17.2 Å². The smallest absolute Gasteiger partial charge is 0.322 e. The highest BCUT2D eigenvalue weighted by Gasteiger charge is 2.34. The summed E-state index contributed by atoms with van der Waals surface area (Å²) in [5, 5.41) is 5.54. The quantitative estimate of drug-likeness (QED) is 0.893. The van der Waals surface area contributed by atoms with Crippen LogP contribution in [-0.4, -0.2) is 29.4 Å². The Balaban J connectivity index is 1.68. The normalized spacial score (nSPS) is 16.6. The van der Waals surface area contributed by atoms with Gasteiger partial charge in [-0.3, -0.25) is 4.79 Å². The highest BCUT2D eigenvalue weighted by Crippen LogP contribution is 2.22. The number of benzene rings is 2. The highest BCUT2D eigenvalue weighted by molar-refractivity contribution is 5.99. The number of nitrogens with zero attached hydrogens (tertiary/aromatic N) is 1. The van der Waals surface area contributed by atoms with E-state index in [1.165, 1.54) is 23.1 Å². The number of aryl methyl sites for hydroxylation is 1. The summed E-state index contributed by atoms with van der Waals surface area (Å²) >= 11 is 0. The molecule has 130 valence electrons. The maximum absolute atomic E-state index is 13.3. The lowest BCUT2D eigenvalue weighted by atomic mass is 10.1. The first-order chi connectivity index (χ1) is 12.0. The molecule has 6 heteroatoms. The fourth-order valence-corrected chi connectivity index (χ4v) is 2.97. The van der Waals surface area contributed by atoms with Crippen LogP contribution in [0.3, 0.4) is 0 Å². The molecular weight excluding hydrogens is 321 g/mol. The number of anilines is 2. The van der Waals surface area contributed by atoms with Gasteiger partial charge in [-0.1, -0.05) is 24.3 Å². The lowest BCUT2D eigenvalue weighted by Gasteiger charge is -2.24. The molecule has 5 nitrogen and oxygen atoms in total. The van der Waals surface area contributed by atoms with Gasteiger partial charge in [0.1, 0.15) is 11.9 Å². The van der Waals surface area contributed by atoms with Crippen LogP contribution in [0, 0.1) is 12.7 Å². The van der Waals surface area contributed by atoms with Crippen molar-refractivity contribution in [2.45, 2.75) is 25.8 Å². The highest BCUT2D eigenvalue weighted by atomic mass is 19.1. The number of carbonyl (C=O) groups excluding carboxylic acids is 2. The summed E-state index contributed by atoms with van der Waals surface area (Å²) in [7, 11) is 0. The Bertz CT molecular complexity index is 794. The van der Waals surface area contributed by atoms with Gasteiger partial charge in [-0.05, 0) is 49.6 Å². The van der Waals surface area contributed by atoms with Crippen molar-refractivity contribution >= 4 is 23.3 Å². The van der Waals surface area contributed by atoms with Crippen LogP contribution in [0.4, 0.5) is 20.6 Å². The molecule has 1 aliphatic heterocycles. The van der Waals surface area contributed by atoms with Gasteiger partial charge in [0.15, 0.2) is 0 Å². The standard InChI is InChI=1S/C19H20FN3O2/c1-13-6-2-3-9-16(13)22-18(24)17-10-5-11-23(17)19(25)21-15-8-4-7-14(20)12-15/h2-4,6-9,12,17H,5,10-11H2,1H3,(H,21,25)(H,22,24)/t17-/m1/s1. The minimum Gasteiger partial charge on any atom is -0.324 e. The minimum absolute atomic E-state index is 0.207. The number of likely N-dealkylation sites (tertiary alicyclic amines) is 1. The average molecular weight is 341 g/mol. The van der Waals surface area contributed by atoms with Crippen molar-refractivity contribution in [2.24, 2.45) is 0 Å². The largest absolute Gasteiger partial charge is 0.324 e. The second-order valence-corrected chi connectivity index (χ2v) is 6.10. The number of para-hydroxylation sites is 1. The van der Waals surface area contributed by atoms with E-state index >= 15 is 0 Å². The van der Waals surface area contributed by atoms with Crippen molar-refractivity contribution < 1.29 is 14.0 Å². The average Bonchev–Trinajstić information content (AvgIpc) is 3.07. The summed E-state index contributed by atoms with van der Waals surface area (Å²) < 4.78 is 13.3. The Hall–Kier alpha value is -2.89. The van der Waals surface area contributed by atoms with E-state index < -0.39 is 17.9 Å². The van der Waals surface area contributed by atoms with Gasteiger partial charge in [0.05, 0.1) is 0 Å². The van der Waals surface area contributed by atoms with Crippen molar-refractivity contribution in [1.82, 2.24) is 4.90 Å². The molecule has 2 aromatic rings. The molecule has 2 N–H and O–H groups in total. The molecule has 1 saturated heterocycles. The van der Waals surface area contributed by atoms with Crippen molar-refractivity contribution in [3.05, 3.63) is 59.9 Å². The third-order valence-electron chi connectivity index (χ3n) is 4.30. The number of nitrogens with one attached hydrogen (secondary N) is 2. The predicted octanol–water partition coefficient (Wildman–Crippen LogP) is 3.77. The second-order valence-electron chi connectivity index (χ2n) is 6.10. The van der Waals surface area contributed by atoms with Gasteiger partial charge in [0.2, 0.25) is 5.91 Å². The Morgan fingerprint density at radius 2 is 1.92 bits per heavy atom. The zero-order valence-corrected chi connectivity index (χ0v) is 14.0. The maximum Gasteiger partial charge on any atom is 0.322 e. The van der Waals surface area contributed by atoms with Crippen LogP contribution in [0.15, 0.2) is 48.5 Å². The predicted molar refractivity (Wildman–Crippen MR) is 95.0 cm³/mol. The molecule has 0 radical (unpaired) electrons. The first-order valence-electron chi connectivity index (χ1n) is 8.24. The molecule has 3 amide bonds. The molecule has 1 atom stereocenters. The summed E-state index contributed by atoms with van der Waals surface area (Å²) in [6, 6.07) is 12.3. The Kier molecular flexibility index (Phi) is 4.97. The van der Waals surface area contributed by atoms with E-state index in [1.54, 1.807) is 6.07 Å². The summed E-state index contributed by atoms with van der Waals surface area (Å²) in [5.41, 5.74) is 2.07. The molecule has 25 heavy (non-hydrogen) atoms. The summed E-state index contributed by atoms with van der Waals surface area (Å²) in [5.74, 6) is -0.630. The fraction of sp³-hybridized carbons (Fsp3) is 0.263. The summed E-state index contributed by atoms with van der Waals surface area (Å²) in [4.78, 5) is 26.6. The number of carbonyl (C=O) groups is 2. The van der Waals surface area contributed by atoms with Crippen LogP contribution < -0.4 is 10.6 Å². The van der Waals surface area contributed by atoms with Crippen molar-refractivity contribution in [3.63, 3.8) is 0 Å². The number of rotatable bonds is 3. The van der Waals surface area contributed by atoms with Crippen LogP contribution >= 0.6 is 0 Å². The zero-order valence-electron chi connectivity index (χ0n) is 14.0. The number of hydrogen-bond donors (Lipinski definition) is 2. The Morgan fingerprint density at radius 3 is 2.68 bits per heavy atom. The lowest BCUT2D eigenvalue weighted by Crippen LogP contribution is -2.45. The van der Waals surface area contributed by atoms with Crippen LogP contribution in [0.2, 0.25) is 0 Å². The van der Waals surface area contributed by atoms with Gasteiger partial charge in [-0.2, -0.15) is 0 Å². The van der Waals surface area contributed by atoms with E-state index in [9.17, 15) is 14.0 Å². The van der Waals surface area contributed by atoms with E-state index in [4.69, 9.17) is 0 Å². The molecule has 3 rings (SSSR count). The molecule has 1 heterocycles. The van der Waals surface area contributed by atoms with Crippen LogP contribution in [0.25, 0.3) is 0 Å². The van der Waals surface area contributed by atoms with Crippen molar-refractivity contribution in [1.29, 1.82) is 0 Å². The minimum atomic E-state index is -0.534. The Morgan fingerprint density at radius 1 is 1.12 bits per heavy atom. The first kappa shape index (κ1) is 17.0. The SMILES string of the molecule is Cc1ccccc1NC(=O)[C@H]1CCCN1C(=O)Nc1cccc(F)c1. The maximum atomic E-state index is 13.3. The fourth-order valence-electron chi connectivity index (χ4n) is 2.97. The monoisotopic (exact) mass is 341 g/mol. The number of halogens is 1. The number of hydrogen-bond acceptors (Lipinski definition) is 2. The topological polar surface area (TPSA) is 61.4 Å². The first-order valence-corrected chi connectivity index (χ1v) is 8.24. The van der Waals surface area contributed by atoms with Gasteiger partial charge < -0.3 is 15.5 Å². The Labute approximate surface area is 145 Å². The van der Waals surface area contributed by atoms with E-state index in [0.717, 1.165) is 17.7 Å². The van der Waals surface area contributed by atoms with Crippen molar-refractivity contribution in [3.8, 4) is 0 Å². The van der Waals surface area contributed by atoms with Gasteiger partial charge in [-0.15, -0.1) is 0 Å². The van der Waals surface area contributed by atoms with Crippen LogP contribution in [0.5, 0.6) is 0 Å². The van der Waals surface area contributed by atoms with Gasteiger partial charge in [0, 0.05) is 17.9 Å². The van der Waals surface area contributed by atoms with E-state index in [1.807, 2.05) is 31.2 Å². The molecule has 0 bridgehead atoms. The molecule has 0 aromatic heterocycles. The van der Waals surface area contributed by atoms with Gasteiger partial charge in [0.25, 0.3) is 0 Å². The number of amides is 3. The third-order valence-corrected chi connectivity index (χ3v) is 4.30. The van der Waals surface area contributed by atoms with E-state index in [-0.39, 0.29) is 5.91 Å². The third kappa shape index (κ3) is 3.96.